The molecule has 0 atom stereocenters. The van der Waals surface area contributed by atoms with Gasteiger partial charge in [0.15, 0.2) is 5.78 Å². The third-order valence-electron chi connectivity index (χ3n) is 1.58. The summed E-state index contributed by atoms with van der Waals surface area (Å²) < 4.78 is 26.5. The zero-order chi connectivity index (χ0) is 10.1. The molecule has 0 spiro atoms. The molecule has 4 nitrogen and oxygen atoms in total. The van der Waals surface area contributed by atoms with Crippen molar-refractivity contribution in [3.63, 3.8) is 0 Å². The molecule has 0 bridgehead atoms. The quantitative estimate of drug-likeness (QED) is 0.644. The highest BCUT2D eigenvalue weighted by Gasteiger charge is 2.14. The van der Waals surface area contributed by atoms with Crippen molar-refractivity contribution in [2.24, 2.45) is 0 Å². The van der Waals surface area contributed by atoms with Crippen LogP contribution in [0.5, 0.6) is 0 Å². The van der Waals surface area contributed by atoms with E-state index < -0.39 is 10.9 Å². The molecule has 1 rings (SSSR count). The van der Waals surface area contributed by atoms with Crippen molar-refractivity contribution >= 4 is 16.7 Å². The molecule has 0 aliphatic heterocycles. The lowest BCUT2D eigenvalue weighted by Gasteiger charge is -2.18. The van der Waals surface area contributed by atoms with E-state index in [1.54, 1.807) is 0 Å². The van der Waals surface area contributed by atoms with Gasteiger partial charge in [-0.3, -0.25) is 4.79 Å². The van der Waals surface area contributed by atoms with Crippen LogP contribution in [0.2, 0.25) is 0 Å². The Balaban J connectivity index is 3.01. The Morgan fingerprint density at radius 1 is 1.15 bits per heavy atom. The maximum Gasteiger partial charge on any atom is 0.159 e. The Hall–Kier alpha value is -0.880. The summed E-state index contributed by atoms with van der Waals surface area (Å²) in [6, 6.07) is 5.49. The van der Waals surface area contributed by atoms with E-state index in [4.69, 9.17) is 13.7 Å². The van der Waals surface area contributed by atoms with Crippen molar-refractivity contribution in [3.8, 4) is 0 Å². The van der Waals surface area contributed by atoms with Gasteiger partial charge in [-0.15, -0.1) is 0 Å². The summed E-state index contributed by atoms with van der Waals surface area (Å²) in [5.74, 6) is -0.110. The van der Waals surface area contributed by atoms with Crippen LogP contribution >= 0.6 is 10.9 Å². The largest absolute Gasteiger partial charge is 0.304 e. The normalized spacial score (nSPS) is 12.6. The summed E-state index contributed by atoms with van der Waals surface area (Å²) in [6.45, 7) is 1.41. The van der Waals surface area contributed by atoms with E-state index in [1.807, 2.05) is 0 Å². The Bertz CT molecular complexity index is 312. The maximum absolute atomic E-state index is 10.8. The van der Waals surface area contributed by atoms with Crippen molar-refractivity contribution in [1.29, 1.82) is 0 Å². The number of carbonyl (C=O) groups excluding carboxylic acids is 1. The first-order chi connectivity index (χ1) is 5.91. The van der Waals surface area contributed by atoms with Gasteiger partial charge < -0.3 is 13.7 Å². The van der Waals surface area contributed by atoms with E-state index in [-0.39, 0.29) is 10.7 Å². The molecule has 0 saturated heterocycles. The Morgan fingerprint density at radius 2 is 1.62 bits per heavy atom. The number of hydrogen-bond donors (Lipinski definition) is 3. The summed E-state index contributed by atoms with van der Waals surface area (Å²) in [6.07, 6.45) is 0. The van der Waals surface area contributed by atoms with E-state index in [0.717, 1.165) is 0 Å². The molecular formula is C8H10O4S. The van der Waals surface area contributed by atoms with Gasteiger partial charge in [-0.2, -0.15) is 0 Å². The minimum absolute atomic E-state index is 0.0116. The van der Waals surface area contributed by atoms with Gasteiger partial charge >= 0.3 is 0 Å². The van der Waals surface area contributed by atoms with Crippen LogP contribution < -0.4 is 0 Å². The number of hydrogen-bond acceptors (Lipinski definition) is 4. The van der Waals surface area contributed by atoms with E-state index in [9.17, 15) is 4.79 Å². The molecule has 1 aromatic rings. The summed E-state index contributed by atoms with van der Waals surface area (Å²) in [5, 5.41) is 0. The number of carbonyl (C=O) groups is 1. The molecule has 5 heteroatoms. The lowest BCUT2D eigenvalue weighted by atomic mass is 10.2. The average molecular weight is 202 g/mol. The number of ketones is 1. The van der Waals surface area contributed by atoms with Crippen molar-refractivity contribution in [2.75, 3.05) is 0 Å². The molecular weight excluding hydrogens is 192 g/mol. The van der Waals surface area contributed by atoms with Gasteiger partial charge in [0.1, 0.15) is 10.9 Å². The van der Waals surface area contributed by atoms with Crippen molar-refractivity contribution in [2.45, 2.75) is 11.8 Å². The molecule has 13 heavy (non-hydrogen) atoms. The molecule has 0 heterocycles. The molecule has 0 radical (unpaired) electrons. The predicted molar refractivity (Wildman–Crippen MR) is 50.2 cm³/mol. The van der Waals surface area contributed by atoms with Crippen molar-refractivity contribution in [1.82, 2.24) is 0 Å². The lowest BCUT2D eigenvalue weighted by Crippen LogP contribution is -1.97. The van der Waals surface area contributed by atoms with E-state index in [1.165, 1.54) is 31.2 Å². The third-order valence-corrected chi connectivity index (χ3v) is 2.48. The SMILES string of the molecule is CC(=O)c1ccc(S(O)(O)O)cc1. The summed E-state index contributed by atoms with van der Waals surface area (Å²) in [7, 11) is -3.66. The molecule has 0 aliphatic carbocycles. The van der Waals surface area contributed by atoms with Crippen LogP contribution in [0.25, 0.3) is 0 Å². The van der Waals surface area contributed by atoms with Gasteiger partial charge in [-0.1, -0.05) is 12.1 Å². The molecule has 0 aromatic heterocycles. The smallest absolute Gasteiger partial charge is 0.159 e. The van der Waals surface area contributed by atoms with Crippen LogP contribution in [-0.2, 0) is 0 Å². The van der Waals surface area contributed by atoms with Crippen LogP contribution in [0.15, 0.2) is 29.2 Å². The molecule has 0 unspecified atom stereocenters. The van der Waals surface area contributed by atoms with Crippen LogP contribution in [-0.4, -0.2) is 19.4 Å². The molecule has 3 N–H and O–H groups in total. The number of benzene rings is 1. The summed E-state index contributed by atoms with van der Waals surface area (Å²) >= 11 is 0. The summed E-state index contributed by atoms with van der Waals surface area (Å²) in [4.78, 5) is 10.8. The second kappa shape index (κ2) is 3.47. The summed E-state index contributed by atoms with van der Waals surface area (Å²) in [5.41, 5.74) is 0.465. The van der Waals surface area contributed by atoms with Gasteiger partial charge in [0, 0.05) is 5.56 Å². The molecule has 1 aromatic carbocycles. The average Bonchev–Trinajstić information content (AvgIpc) is 2.03. The highest BCUT2D eigenvalue weighted by molar-refractivity contribution is 8.19. The fourth-order valence-corrected chi connectivity index (χ4v) is 1.37. The first-order valence-corrected chi connectivity index (χ1v) is 5.03. The van der Waals surface area contributed by atoms with E-state index in [2.05, 4.69) is 0 Å². The van der Waals surface area contributed by atoms with Crippen molar-refractivity contribution < 1.29 is 18.5 Å². The second-order valence-electron chi connectivity index (χ2n) is 2.60. The fourth-order valence-electron chi connectivity index (χ4n) is 0.872. The van der Waals surface area contributed by atoms with Crippen LogP contribution in [0, 0.1) is 0 Å². The lowest BCUT2D eigenvalue weighted by molar-refractivity contribution is 0.101. The van der Waals surface area contributed by atoms with E-state index in [0.29, 0.717) is 5.56 Å². The third kappa shape index (κ3) is 2.53. The predicted octanol–water partition coefficient (Wildman–Crippen LogP) is 2.47. The van der Waals surface area contributed by atoms with E-state index >= 15 is 0 Å². The first kappa shape index (κ1) is 10.2. The highest BCUT2D eigenvalue weighted by Crippen LogP contribution is 2.43. The van der Waals surface area contributed by atoms with Gasteiger partial charge in [0.05, 0.1) is 4.90 Å². The molecule has 0 aliphatic rings. The van der Waals surface area contributed by atoms with Crippen LogP contribution in [0.1, 0.15) is 17.3 Å². The molecule has 0 amide bonds. The Labute approximate surface area is 77.4 Å². The first-order valence-electron chi connectivity index (χ1n) is 3.53. The zero-order valence-electron chi connectivity index (χ0n) is 6.97. The van der Waals surface area contributed by atoms with Gasteiger partial charge in [0.25, 0.3) is 0 Å². The maximum atomic E-state index is 10.8. The van der Waals surface area contributed by atoms with Gasteiger partial charge in [-0.05, 0) is 19.1 Å². The Morgan fingerprint density at radius 3 is 1.92 bits per heavy atom. The second-order valence-corrected chi connectivity index (χ2v) is 4.11. The minimum atomic E-state index is -3.66. The monoisotopic (exact) mass is 202 g/mol. The Kier molecular flexibility index (Phi) is 2.72. The number of rotatable bonds is 2. The van der Waals surface area contributed by atoms with Gasteiger partial charge in [-0.25, -0.2) is 0 Å². The molecule has 72 valence electrons. The topological polar surface area (TPSA) is 77.8 Å². The number of Topliss-reactive ketones (excluding diaryl/α,β-unsaturated/α-hetero) is 1. The minimum Gasteiger partial charge on any atom is -0.304 e. The molecule has 0 saturated carbocycles. The standard InChI is InChI=1S/C8H10O4S/c1-6(9)7-2-4-8(5-3-7)13(10,11)12/h2-5,10-12H,1H3. The molecule has 0 fully saturated rings. The van der Waals surface area contributed by atoms with Gasteiger partial charge in [0.2, 0.25) is 0 Å². The zero-order valence-corrected chi connectivity index (χ0v) is 7.78. The van der Waals surface area contributed by atoms with Crippen LogP contribution in [0.3, 0.4) is 0 Å². The van der Waals surface area contributed by atoms with Crippen LogP contribution in [0.4, 0.5) is 0 Å². The van der Waals surface area contributed by atoms with Crippen molar-refractivity contribution in [3.05, 3.63) is 29.8 Å². The highest BCUT2D eigenvalue weighted by atomic mass is 32.3. The fraction of sp³-hybridized carbons (Fsp3) is 0.125.